The molecule has 0 saturated carbocycles. The summed E-state index contributed by atoms with van der Waals surface area (Å²) in [5.41, 5.74) is 0.961. The van der Waals surface area contributed by atoms with Crippen LogP contribution in [0.4, 0.5) is 0 Å². The van der Waals surface area contributed by atoms with Crippen LogP contribution in [0.1, 0.15) is 24.2 Å². The van der Waals surface area contributed by atoms with Crippen LogP contribution >= 0.6 is 11.8 Å². The fourth-order valence-electron chi connectivity index (χ4n) is 1.45. The van der Waals surface area contributed by atoms with Gasteiger partial charge in [0, 0.05) is 0 Å². The summed E-state index contributed by atoms with van der Waals surface area (Å²) in [7, 11) is 0. The maximum Gasteiger partial charge on any atom is 0.231 e. The minimum atomic E-state index is 0.253. The highest BCUT2D eigenvalue weighted by atomic mass is 32.2. The topological polar surface area (TPSA) is 59.2 Å². The molecule has 0 saturated heterocycles. The van der Waals surface area contributed by atoms with Crippen LogP contribution in [0.25, 0.3) is 0 Å². The molecule has 1 aromatic carbocycles. The number of aromatic nitrogens is 2. The van der Waals surface area contributed by atoms with Crippen molar-refractivity contribution in [3.05, 3.63) is 41.5 Å². The fourth-order valence-corrected chi connectivity index (χ4v) is 1.96. The van der Waals surface area contributed by atoms with Gasteiger partial charge in [-0.15, -0.1) is 0 Å². The molecule has 1 heterocycles. The third-order valence-corrected chi connectivity index (χ3v) is 3.08. The van der Waals surface area contributed by atoms with Gasteiger partial charge in [0.25, 0.3) is 0 Å². The first-order valence-electron chi connectivity index (χ1n) is 5.45. The Balaban J connectivity index is 2.01. The molecule has 4 nitrogen and oxygen atoms in total. The quantitative estimate of drug-likeness (QED) is 0.884. The average Bonchev–Trinajstić information content (AvgIpc) is 2.74. The zero-order valence-electron chi connectivity index (χ0n) is 9.59. The number of aromatic hydroxyl groups is 1. The molecule has 0 radical (unpaired) electrons. The second kappa shape index (κ2) is 5.72. The lowest BCUT2D eigenvalue weighted by atomic mass is 10.1. The molecule has 1 N–H and O–H groups in total. The molecule has 0 unspecified atom stereocenters. The molecule has 0 aliphatic heterocycles. The first-order valence-corrected chi connectivity index (χ1v) is 6.60. The van der Waals surface area contributed by atoms with Crippen molar-refractivity contribution in [1.82, 2.24) is 10.1 Å². The number of thioether (sulfide) groups is 1. The van der Waals surface area contributed by atoms with Gasteiger partial charge < -0.3 is 9.63 Å². The molecule has 0 spiro atoms. The van der Waals surface area contributed by atoms with Gasteiger partial charge >= 0.3 is 0 Å². The molecule has 1 aromatic heterocycles. The van der Waals surface area contributed by atoms with Gasteiger partial charge in [-0.2, -0.15) is 16.7 Å². The van der Waals surface area contributed by atoms with E-state index in [0.717, 1.165) is 22.9 Å². The zero-order valence-corrected chi connectivity index (χ0v) is 10.4. The van der Waals surface area contributed by atoms with Crippen LogP contribution in [0.2, 0.25) is 0 Å². The van der Waals surface area contributed by atoms with Crippen LogP contribution < -0.4 is 0 Å². The Kier molecular flexibility index (Phi) is 4.03. The summed E-state index contributed by atoms with van der Waals surface area (Å²) in [5, 5.41) is 13.2. The highest BCUT2D eigenvalue weighted by Crippen LogP contribution is 2.15. The van der Waals surface area contributed by atoms with Crippen LogP contribution in [-0.4, -0.2) is 21.0 Å². The van der Waals surface area contributed by atoms with E-state index in [1.54, 1.807) is 30.0 Å². The Labute approximate surface area is 104 Å². The molecule has 0 atom stereocenters. The molecular formula is C12H14N2O2S. The van der Waals surface area contributed by atoms with Crippen molar-refractivity contribution in [2.24, 2.45) is 0 Å². The second-order valence-corrected chi connectivity index (χ2v) is 4.86. The van der Waals surface area contributed by atoms with E-state index in [1.165, 1.54) is 0 Å². The van der Waals surface area contributed by atoms with Crippen molar-refractivity contribution in [3.63, 3.8) is 0 Å². The van der Waals surface area contributed by atoms with Crippen molar-refractivity contribution in [2.45, 2.75) is 19.1 Å². The molecule has 0 bridgehead atoms. The summed E-state index contributed by atoms with van der Waals surface area (Å²) in [5.74, 6) is 3.38. The normalized spacial score (nSPS) is 10.6. The highest BCUT2D eigenvalue weighted by Gasteiger charge is 2.07. The second-order valence-electron chi connectivity index (χ2n) is 3.59. The Bertz CT molecular complexity index is 485. The predicted octanol–water partition coefficient (Wildman–Crippen LogP) is 2.62. The summed E-state index contributed by atoms with van der Waals surface area (Å²) in [6, 6.07) is 7.06. The monoisotopic (exact) mass is 250 g/mol. The minimum Gasteiger partial charge on any atom is -0.508 e. The van der Waals surface area contributed by atoms with E-state index in [2.05, 4.69) is 17.1 Å². The molecule has 2 aromatic rings. The molecule has 17 heavy (non-hydrogen) atoms. The van der Waals surface area contributed by atoms with Crippen molar-refractivity contribution < 1.29 is 9.63 Å². The summed E-state index contributed by atoms with van der Waals surface area (Å²) in [6.07, 6.45) is 0.554. The maximum absolute atomic E-state index is 9.34. The Morgan fingerprint density at radius 3 is 3.06 bits per heavy atom. The number of phenolic OH excluding ortho intramolecular Hbond substituents is 1. The number of hydrogen-bond donors (Lipinski definition) is 1. The lowest BCUT2D eigenvalue weighted by Gasteiger charge is -1.96. The summed E-state index contributed by atoms with van der Waals surface area (Å²) >= 11 is 1.76. The molecule has 0 amide bonds. The minimum absolute atomic E-state index is 0.253. The fraction of sp³-hybridized carbons (Fsp3) is 0.333. The van der Waals surface area contributed by atoms with Gasteiger partial charge in [0.1, 0.15) is 5.75 Å². The highest BCUT2D eigenvalue weighted by molar-refractivity contribution is 7.98. The van der Waals surface area contributed by atoms with Gasteiger partial charge in [0.2, 0.25) is 5.89 Å². The van der Waals surface area contributed by atoms with Crippen LogP contribution in [0, 0.1) is 0 Å². The van der Waals surface area contributed by atoms with E-state index in [0.29, 0.717) is 12.3 Å². The number of hydrogen-bond acceptors (Lipinski definition) is 5. The van der Waals surface area contributed by atoms with Gasteiger partial charge in [0.05, 0.1) is 12.2 Å². The van der Waals surface area contributed by atoms with E-state index in [1.807, 2.05) is 6.07 Å². The standard InChI is InChI=1S/C12H14N2O2S/c1-2-17-8-11-13-12(16-14-11)7-9-4-3-5-10(15)6-9/h3-6,15H,2,7-8H2,1H3. The number of nitrogens with zero attached hydrogens (tertiary/aromatic N) is 2. The number of phenols is 1. The summed E-state index contributed by atoms with van der Waals surface area (Å²) < 4.78 is 5.15. The Morgan fingerprint density at radius 1 is 1.41 bits per heavy atom. The molecule has 0 aliphatic rings. The zero-order chi connectivity index (χ0) is 12.1. The van der Waals surface area contributed by atoms with Gasteiger partial charge in [-0.25, -0.2) is 0 Å². The van der Waals surface area contributed by atoms with Gasteiger partial charge in [-0.3, -0.25) is 0 Å². The smallest absolute Gasteiger partial charge is 0.231 e. The first kappa shape index (κ1) is 12.0. The molecule has 90 valence electrons. The van der Waals surface area contributed by atoms with Crippen molar-refractivity contribution in [2.75, 3.05) is 5.75 Å². The third-order valence-electron chi connectivity index (χ3n) is 2.21. The average molecular weight is 250 g/mol. The number of rotatable bonds is 5. The molecule has 5 heteroatoms. The van der Waals surface area contributed by atoms with Crippen molar-refractivity contribution >= 4 is 11.8 Å². The van der Waals surface area contributed by atoms with E-state index in [4.69, 9.17) is 4.52 Å². The summed E-state index contributed by atoms with van der Waals surface area (Å²) in [4.78, 5) is 4.29. The van der Waals surface area contributed by atoms with Crippen molar-refractivity contribution in [3.8, 4) is 5.75 Å². The lowest BCUT2D eigenvalue weighted by Crippen LogP contribution is -1.89. The SMILES string of the molecule is CCSCc1noc(Cc2cccc(O)c2)n1. The largest absolute Gasteiger partial charge is 0.508 e. The van der Waals surface area contributed by atoms with E-state index < -0.39 is 0 Å². The van der Waals surface area contributed by atoms with Gasteiger partial charge in [0.15, 0.2) is 5.82 Å². The van der Waals surface area contributed by atoms with Crippen LogP contribution in [0.15, 0.2) is 28.8 Å². The first-order chi connectivity index (χ1) is 8.28. The van der Waals surface area contributed by atoms with Crippen LogP contribution in [0.3, 0.4) is 0 Å². The van der Waals surface area contributed by atoms with E-state index in [9.17, 15) is 5.11 Å². The predicted molar refractivity (Wildman–Crippen MR) is 67.0 cm³/mol. The van der Waals surface area contributed by atoms with Crippen molar-refractivity contribution in [1.29, 1.82) is 0 Å². The van der Waals surface area contributed by atoms with E-state index in [-0.39, 0.29) is 5.75 Å². The van der Waals surface area contributed by atoms with Gasteiger partial charge in [-0.1, -0.05) is 24.2 Å². The molecule has 2 rings (SSSR count). The lowest BCUT2D eigenvalue weighted by molar-refractivity contribution is 0.381. The number of benzene rings is 1. The van der Waals surface area contributed by atoms with E-state index >= 15 is 0 Å². The van der Waals surface area contributed by atoms with Crippen LogP contribution in [0.5, 0.6) is 5.75 Å². The Hall–Kier alpha value is -1.49. The Morgan fingerprint density at radius 2 is 2.29 bits per heavy atom. The third kappa shape index (κ3) is 3.49. The molecule has 0 fully saturated rings. The molecule has 0 aliphatic carbocycles. The van der Waals surface area contributed by atoms with Gasteiger partial charge in [-0.05, 0) is 23.4 Å². The molecular weight excluding hydrogens is 236 g/mol. The summed E-state index contributed by atoms with van der Waals surface area (Å²) in [6.45, 7) is 2.10. The maximum atomic E-state index is 9.34. The van der Waals surface area contributed by atoms with Crippen LogP contribution in [-0.2, 0) is 12.2 Å².